The molecular weight excluding hydrogens is 275 g/mol. The Morgan fingerprint density at radius 3 is 2.78 bits per heavy atom. The summed E-state index contributed by atoms with van der Waals surface area (Å²) in [5.41, 5.74) is 0.363. The first-order chi connectivity index (χ1) is 8.63. The lowest BCUT2D eigenvalue weighted by Crippen LogP contribution is -2.20. The van der Waals surface area contributed by atoms with Crippen molar-refractivity contribution in [1.82, 2.24) is 9.55 Å². The Balaban J connectivity index is 2.35. The molecule has 1 atom stereocenters. The van der Waals surface area contributed by atoms with E-state index >= 15 is 0 Å². The van der Waals surface area contributed by atoms with Crippen LogP contribution in [0.25, 0.3) is 0 Å². The summed E-state index contributed by atoms with van der Waals surface area (Å²) in [6, 6.07) is 4.72. The van der Waals surface area contributed by atoms with Crippen molar-refractivity contribution < 1.29 is 9.53 Å². The van der Waals surface area contributed by atoms with E-state index in [1.165, 1.54) is 19.5 Å². The molecule has 1 aromatic carbocycles. The second-order valence-corrected chi connectivity index (χ2v) is 4.43. The second-order valence-electron chi connectivity index (χ2n) is 3.59. The van der Waals surface area contributed by atoms with Crippen molar-refractivity contribution in [2.75, 3.05) is 7.11 Å². The number of hydrogen-bond acceptors (Lipinski definition) is 3. The normalized spacial score (nSPS) is 12.4. The number of Topliss-reactive ketones (excluding diaryl/α,β-unsaturated/α-hetero) is 1. The van der Waals surface area contributed by atoms with E-state index in [0.29, 0.717) is 15.6 Å². The van der Waals surface area contributed by atoms with E-state index in [1.807, 2.05) is 0 Å². The topological polar surface area (TPSA) is 44.1 Å². The maximum Gasteiger partial charge on any atom is 0.214 e. The van der Waals surface area contributed by atoms with Gasteiger partial charge in [0.2, 0.25) is 5.78 Å². The van der Waals surface area contributed by atoms with E-state index in [1.54, 1.807) is 29.1 Å². The van der Waals surface area contributed by atoms with E-state index in [4.69, 9.17) is 27.9 Å². The zero-order valence-electron chi connectivity index (χ0n) is 9.51. The van der Waals surface area contributed by atoms with Crippen LogP contribution in [-0.2, 0) is 4.74 Å². The number of hydrogen-bond donors (Lipinski definition) is 0. The van der Waals surface area contributed by atoms with E-state index < -0.39 is 6.23 Å². The van der Waals surface area contributed by atoms with Crippen LogP contribution >= 0.6 is 23.2 Å². The maximum absolute atomic E-state index is 12.3. The minimum Gasteiger partial charge on any atom is -0.354 e. The van der Waals surface area contributed by atoms with E-state index in [-0.39, 0.29) is 5.78 Å². The summed E-state index contributed by atoms with van der Waals surface area (Å²) in [4.78, 5) is 16.2. The molecule has 1 aromatic heterocycles. The Bertz CT molecular complexity index is 555. The van der Waals surface area contributed by atoms with Gasteiger partial charge in [-0.05, 0) is 18.2 Å². The molecule has 2 aromatic rings. The lowest BCUT2D eigenvalue weighted by Gasteiger charge is -2.16. The lowest BCUT2D eigenvalue weighted by molar-refractivity contribution is 0.0349. The number of aromatic nitrogens is 2. The smallest absolute Gasteiger partial charge is 0.214 e. The number of imidazole rings is 1. The van der Waals surface area contributed by atoms with Gasteiger partial charge in [0.25, 0.3) is 0 Å². The summed E-state index contributed by atoms with van der Waals surface area (Å²) in [5.74, 6) is -0.253. The van der Waals surface area contributed by atoms with Gasteiger partial charge in [0.1, 0.15) is 0 Å². The van der Waals surface area contributed by atoms with Crippen molar-refractivity contribution >= 4 is 29.0 Å². The molecule has 0 fully saturated rings. The summed E-state index contributed by atoms with van der Waals surface area (Å²) in [6.45, 7) is 0. The molecule has 0 spiro atoms. The first kappa shape index (κ1) is 13.1. The highest BCUT2D eigenvalue weighted by Crippen LogP contribution is 2.25. The SMILES string of the molecule is COC(C(=O)c1ccc(Cl)cc1Cl)n1ccnc1. The van der Waals surface area contributed by atoms with Gasteiger partial charge in [-0.2, -0.15) is 0 Å². The maximum atomic E-state index is 12.3. The molecule has 2 rings (SSSR count). The largest absolute Gasteiger partial charge is 0.354 e. The van der Waals surface area contributed by atoms with Gasteiger partial charge in [-0.25, -0.2) is 4.98 Å². The van der Waals surface area contributed by atoms with Crippen molar-refractivity contribution in [3.05, 3.63) is 52.5 Å². The number of benzene rings is 1. The van der Waals surface area contributed by atoms with Crippen molar-refractivity contribution in [3.63, 3.8) is 0 Å². The van der Waals surface area contributed by atoms with Gasteiger partial charge in [-0.3, -0.25) is 4.79 Å². The van der Waals surface area contributed by atoms with Crippen LogP contribution in [0.3, 0.4) is 0 Å². The number of carbonyl (C=O) groups is 1. The Hall–Kier alpha value is -1.36. The molecule has 1 unspecified atom stereocenters. The fourth-order valence-corrected chi connectivity index (χ4v) is 2.10. The standard InChI is InChI=1S/C12H10Cl2N2O2/c1-18-12(16-5-4-15-7-16)11(17)9-3-2-8(13)6-10(9)14/h2-7,12H,1H3. The number of nitrogens with zero attached hydrogens (tertiary/aromatic N) is 2. The fourth-order valence-electron chi connectivity index (χ4n) is 1.59. The Morgan fingerprint density at radius 1 is 1.44 bits per heavy atom. The molecule has 0 saturated carbocycles. The molecule has 0 bridgehead atoms. The highest BCUT2D eigenvalue weighted by molar-refractivity contribution is 6.36. The lowest BCUT2D eigenvalue weighted by atomic mass is 10.1. The number of ketones is 1. The van der Waals surface area contributed by atoms with Gasteiger partial charge in [0.15, 0.2) is 6.23 Å². The van der Waals surface area contributed by atoms with Gasteiger partial charge in [0.05, 0.1) is 11.3 Å². The Labute approximate surface area is 114 Å². The molecule has 0 aliphatic rings. The van der Waals surface area contributed by atoms with Gasteiger partial charge in [-0.15, -0.1) is 0 Å². The number of carbonyl (C=O) groups excluding carboxylic acids is 1. The molecule has 0 saturated heterocycles. The molecule has 1 heterocycles. The molecule has 0 radical (unpaired) electrons. The summed E-state index contributed by atoms with van der Waals surface area (Å²) in [6.07, 6.45) is 3.94. The zero-order valence-corrected chi connectivity index (χ0v) is 11.0. The van der Waals surface area contributed by atoms with Crippen molar-refractivity contribution in [1.29, 1.82) is 0 Å². The van der Waals surface area contributed by atoms with Crippen LogP contribution in [0.1, 0.15) is 16.6 Å². The first-order valence-corrected chi connectivity index (χ1v) is 5.88. The van der Waals surface area contributed by atoms with Crippen LogP contribution in [0.2, 0.25) is 10.0 Å². The highest BCUT2D eigenvalue weighted by Gasteiger charge is 2.23. The molecule has 4 nitrogen and oxygen atoms in total. The minimum atomic E-state index is -0.786. The quantitative estimate of drug-likeness (QED) is 0.810. The van der Waals surface area contributed by atoms with Crippen LogP contribution < -0.4 is 0 Å². The average Bonchev–Trinajstić information content (AvgIpc) is 2.83. The third kappa shape index (κ3) is 2.56. The highest BCUT2D eigenvalue weighted by atomic mass is 35.5. The molecule has 0 aliphatic carbocycles. The predicted molar refractivity (Wildman–Crippen MR) is 69.1 cm³/mol. The predicted octanol–water partition coefficient (Wildman–Crippen LogP) is 3.22. The van der Waals surface area contributed by atoms with Crippen LogP contribution in [0.5, 0.6) is 0 Å². The van der Waals surface area contributed by atoms with E-state index in [2.05, 4.69) is 4.98 Å². The van der Waals surface area contributed by atoms with Crippen molar-refractivity contribution in [2.45, 2.75) is 6.23 Å². The van der Waals surface area contributed by atoms with E-state index in [0.717, 1.165) is 0 Å². The Kier molecular flexibility index (Phi) is 4.01. The number of rotatable bonds is 4. The summed E-state index contributed by atoms with van der Waals surface area (Å²) >= 11 is 11.8. The molecule has 0 amide bonds. The van der Waals surface area contributed by atoms with Gasteiger partial charge in [0, 0.05) is 30.1 Å². The van der Waals surface area contributed by atoms with Gasteiger partial charge < -0.3 is 9.30 Å². The average molecular weight is 285 g/mol. The fraction of sp³-hybridized carbons (Fsp3) is 0.167. The summed E-state index contributed by atoms with van der Waals surface area (Å²) in [7, 11) is 1.45. The third-order valence-corrected chi connectivity index (χ3v) is 2.99. The summed E-state index contributed by atoms with van der Waals surface area (Å²) in [5, 5.41) is 0.780. The monoisotopic (exact) mass is 284 g/mol. The molecule has 0 aliphatic heterocycles. The number of halogens is 2. The molecule has 0 N–H and O–H groups in total. The van der Waals surface area contributed by atoms with Gasteiger partial charge >= 0.3 is 0 Å². The Morgan fingerprint density at radius 2 is 2.22 bits per heavy atom. The van der Waals surface area contributed by atoms with Gasteiger partial charge in [-0.1, -0.05) is 23.2 Å². The number of methoxy groups -OCH3 is 1. The number of ether oxygens (including phenoxy) is 1. The molecular formula is C12H10Cl2N2O2. The van der Waals surface area contributed by atoms with Crippen molar-refractivity contribution in [3.8, 4) is 0 Å². The zero-order chi connectivity index (χ0) is 13.1. The molecule has 18 heavy (non-hydrogen) atoms. The van der Waals surface area contributed by atoms with Crippen LogP contribution in [0.15, 0.2) is 36.9 Å². The third-order valence-electron chi connectivity index (χ3n) is 2.44. The van der Waals surface area contributed by atoms with Crippen molar-refractivity contribution in [2.24, 2.45) is 0 Å². The molecule has 6 heteroatoms. The minimum absolute atomic E-state index is 0.253. The van der Waals surface area contributed by atoms with Crippen LogP contribution in [0.4, 0.5) is 0 Å². The van der Waals surface area contributed by atoms with Crippen LogP contribution in [-0.4, -0.2) is 22.4 Å². The van der Waals surface area contributed by atoms with Crippen LogP contribution in [0, 0.1) is 0 Å². The van der Waals surface area contributed by atoms with E-state index in [9.17, 15) is 4.79 Å². The summed E-state index contributed by atoms with van der Waals surface area (Å²) < 4.78 is 6.74. The molecule has 94 valence electrons. The first-order valence-electron chi connectivity index (χ1n) is 5.13. The second kappa shape index (κ2) is 5.52.